The molecule has 0 bridgehead atoms. The first-order valence-corrected chi connectivity index (χ1v) is 7.98. The maximum absolute atomic E-state index is 12.2. The van der Waals surface area contributed by atoms with E-state index in [1.807, 2.05) is 24.3 Å². The van der Waals surface area contributed by atoms with Crippen molar-refractivity contribution in [2.24, 2.45) is 0 Å². The lowest BCUT2D eigenvalue weighted by Crippen LogP contribution is -2.46. The standard InChI is InChI=1S/C15H22BrN3O/c1-2-19(14-6-8-17-9-7-14)11-15(20)18-13-5-3-4-12(16)10-13/h3-5,10,14,17H,2,6-9,11H2,1H3,(H,18,20). The molecule has 1 amide bonds. The predicted octanol–water partition coefficient (Wildman–Crippen LogP) is 2.46. The van der Waals surface area contributed by atoms with Gasteiger partial charge in [0.15, 0.2) is 0 Å². The van der Waals surface area contributed by atoms with Crippen LogP contribution in [0.25, 0.3) is 0 Å². The molecule has 0 saturated carbocycles. The van der Waals surface area contributed by atoms with Gasteiger partial charge >= 0.3 is 0 Å². The molecule has 1 saturated heterocycles. The van der Waals surface area contributed by atoms with Crippen LogP contribution >= 0.6 is 15.9 Å². The Kier molecular flexibility index (Phi) is 6.01. The van der Waals surface area contributed by atoms with Gasteiger partial charge in [-0.3, -0.25) is 9.69 Å². The van der Waals surface area contributed by atoms with E-state index >= 15 is 0 Å². The average molecular weight is 340 g/mol. The SMILES string of the molecule is CCN(CC(=O)Nc1cccc(Br)c1)C1CCNCC1. The van der Waals surface area contributed by atoms with Crippen molar-refractivity contribution in [3.8, 4) is 0 Å². The number of hydrogen-bond donors (Lipinski definition) is 2. The normalized spacial score (nSPS) is 16.4. The van der Waals surface area contributed by atoms with Crippen LogP contribution in [0.4, 0.5) is 5.69 Å². The van der Waals surface area contributed by atoms with E-state index in [-0.39, 0.29) is 5.91 Å². The third-order valence-electron chi connectivity index (χ3n) is 3.69. The molecule has 1 aromatic carbocycles. The number of rotatable bonds is 5. The van der Waals surface area contributed by atoms with Crippen molar-refractivity contribution in [3.05, 3.63) is 28.7 Å². The third-order valence-corrected chi connectivity index (χ3v) is 4.18. The van der Waals surface area contributed by atoms with E-state index in [0.29, 0.717) is 12.6 Å². The summed E-state index contributed by atoms with van der Waals surface area (Å²) >= 11 is 3.41. The summed E-state index contributed by atoms with van der Waals surface area (Å²) in [7, 11) is 0. The number of nitrogens with zero attached hydrogens (tertiary/aromatic N) is 1. The van der Waals surface area contributed by atoms with Crippen molar-refractivity contribution in [1.82, 2.24) is 10.2 Å². The van der Waals surface area contributed by atoms with Gasteiger partial charge in [0.05, 0.1) is 6.54 Å². The molecule has 1 aliphatic heterocycles. The Morgan fingerprint density at radius 3 is 2.85 bits per heavy atom. The fourth-order valence-electron chi connectivity index (χ4n) is 2.62. The number of nitrogens with one attached hydrogen (secondary N) is 2. The van der Waals surface area contributed by atoms with Crippen LogP contribution < -0.4 is 10.6 Å². The largest absolute Gasteiger partial charge is 0.325 e. The van der Waals surface area contributed by atoms with Crippen molar-refractivity contribution in [3.63, 3.8) is 0 Å². The summed E-state index contributed by atoms with van der Waals surface area (Å²) in [6.45, 7) is 5.60. The molecule has 0 spiro atoms. The Morgan fingerprint density at radius 2 is 2.20 bits per heavy atom. The molecular formula is C15H22BrN3O. The Morgan fingerprint density at radius 1 is 1.45 bits per heavy atom. The second-order valence-electron chi connectivity index (χ2n) is 5.10. The fourth-order valence-corrected chi connectivity index (χ4v) is 3.02. The number of hydrogen-bond acceptors (Lipinski definition) is 3. The van der Waals surface area contributed by atoms with Gasteiger partial charge in [-0.25, -0.2) is 0 Å². The number of anilines is 1. The van der Waals surface area contributed by atoms with Crippen molar-refractivity contribution < 1.29 is 4.79 Å². The van der Waals surface area contributed by atoms with Gasteiger partial charge in [0.2, 0.25) is 5.91 Å². The molecule has 0 atom stereocenters. The summed E-state index contributed by atoms with van der Waals surface area (Å²) in [4.78, 5) is 14.4. The lowest BCUT2D eigenvalue weighted by molar-refractivity contribution is -0.118. The smallest absolute Gasteiger partial charge is 0.238 e. The molecule has 110 valence electrons. The molecule has 1 aromatic rings. The number of benzene rings is 1. The van der Waals surface area contributed by atoms with Crippen molar-refractivity contribution in [2.75, 3.05) is 31.5 Å². The highest BCUT2D eigenvalue weighted by molar-refractivity contribution is 9.10. The van der Waals surface area contributed by atoms with E-state index in [4.69, 9.17) is 0 Å². The zero-order chi connectivity index (χ0) is 14.4. The van der Waals surface area contributed by atoms with Crippen molar-refractivity contribution >= 4 is 27.5 Å². The van der Waals surface area contributed by atoms with E-state index in [2.05, 4.69) is 38.4 Å². The minimum atomic E-state index is 0.0588. The van der Waals surface area contributed by atoms with Gasteiger partial charge in [0, 0.05) is 16.2 Å². The molecule has 1 heterocycles. The van der Waals surface area contributed by atoms with Gasteiger partial charge < -0.3 is 10.6 Å². The van der Waals surface area contributed by atoms with Crippen LogP contribution in [0.5, 0.6) is 0 Å². The molecule has 20 heavy (non-hydrogen) atoms. The van der Waals surface area contributed by atoms with E-state index in [9.17, 15) is 4.79 Å². The number of amides is 1. The summed E-state index contributed by atoms with van der Waals surface area (Å²) in [6.07, 6.45) is 2.25. The molecule has 1 fully saturated rings. The van der Waals surface area contributed by atoms with Crippen molar-refractivity contribution in [1.29, 1.82) is 0 Å². The van der Waals surface area contributed by atoms with Gasteiger partial charge in [-0.05, 0) is 50.7 Å². The van der Waals surface area contributed by atoms with Gasteiger partial charge in [-0.2, -0.15) is 0 Å². The quantitative estimate of drug-likeness (QED) is 0.866. The summed E-state index contributed by atoms with van der Waals surface area (Å²) in [6, 6.07) is 8.21. The van der Waals surface area contributed by atoms with Gasteiger partial charge in [-0.1, -0.05) is 28.9 Å². The number of halogens is 1. The molecule has 2 N–H and O–H groups in total. The van der Waals surface area contributed by atoms with E-state index in [1.165, 1.54) is 0 Å². The molecular weight excluding hydrogens is 318 g/mol. The second-order valence-corrected chi connectivity index (χ2v) is 6.02. The lowest BCUT2D eigenvalue weighted by atomic mass is 10.0. The number of carbonyl (C=O) groups is 1. The summed E-state index contributed by atoms with van der Waals surface area (Å²) < 4.78 is 0.973. The minimum absolute atomic E-state index is 0.0588. The monoisotopic (exact) mass is 339 g/mol. The molecule has 1 aliphatic rings. The van der Waals surface area contributed by atoms with Crippen LogP contribution in [-0.4, -0.2) is 43.0 Å². The molecule has 0 aromatic heterocycles. The number of piperidine rings is 1. The summed E-state index contributed by atoms with van der Waals surface area (Å²) in [5.74, 6) is 0.0588. The topological polar surface area (TPSA) is 44.4 Å². The zero-order valence-electron chi connectivity index (χ0n) is 11.9. The molecule has 2 rings (SSSR count). The fraction of sp³-hybridized carbons (Fsp3) is 0.533. The van der Waals surface area contributed by atoms with Crippen LogP contribution in [0.3, 0.4) is 0 Å². The first-order chi connectivity index (χ1) is 9.69. The summed E-state index contributed by atoms with van der Waals surface area (Å²) in [5.41, 5.74) is 0.839. The van der Waals surface area contributed by atoms with E-state index in [1.54, 1.807) is 0 Å². The number of likely N-dealkylation sites (N-methyl/N-ethyl adjacent to an activating group) is 1. The van der Waals surface area contributed by atoms with Crippen LogP contribution in [0, 0.1) is 0 Å². The maximum atomic E-state index is 12.2. The Hall–Kier alpha value is -0.910. The van der Waals surface area contributed by atoms with Crippen LogP contribution in [-0.2, 0) is 4.79 Å². The Bertz CT molecular complexity index is 446. The second kappa shape index (κ2) is 7.76. The summed E-state index contributed by atoms with van der Waals surface area (Å²) in [5, 5.41) is 6.32. The first-order valence-electron chi connectivity index (χ1n) is 7.19. The first kappa shape index (κ1) is 15.5. The van der Waals surface area contributed by atoms with Gasteiger partial charge in [0.25, 0.3) is 0 Å². The highest BCUT2D eigenvalue weighted by Gasteiger charge is 2.21. The Labute approximate surface area is 129 Å². The molecule has 0 aliphatic carbocycles. The van der Waals surface area contributed by atoms with Gasteiger partial charge in [-0.15, -0.1) is 0 Å². The maximum Gasteiger partial charge on any atom is 0.238 e. The third kappa shape index (κ3) is 4.58. The molecule has 0 radical (unpaired) electrons. The van der Waals surface area contributed by atoms with Crippen LogP contribution in [0.1, 0.15) is 19.8 Å². The minimum Gasteiger partial charge on any atom is -0.325 e. The van der Waals surface area contributed by atoms with E-state index in [0.717, 1.165) is 42.6 Å². The Balaban J connectivity index is 1.88. The van der Waals surface area contributed by atoms with E-state index < -0.39 is 0 Å². The molecule has 5 heteroatoms. The molecule has 4 nitrogen and oxygen atoms in total. The van der Waals surface area contributed by atoms with Crippen LogP contribution in [0.2, 0.25) is 0 Å². The predicted molar refractivity (Wildman–Crippen MR) is 85.9 cm³/mol. The zero-order valence-corrected chi connectivity index (χ0v) is 13.4. The molecule has 0 unspecified atom stereocenters. The highest BCUT2D eigenvalue weighted by atomic mass is 79.9. The number of carbonyl (C=O) groups excluding carboxylic acids is 1. The van der Waals surface area contributed by atoms with Gasteiger partial charge in [0.1, 0.15) is 0 Å². The highest BCUT2D eigenvalue weighted by Crippen LogP contribution is 2.16. The lowest BCUT2D eigenvalue weighted by Gasteiger charge is -2.33. The van der Waals surface area contributed by atoms with Crippen LogP contribution in [0.15, 0.2) is 28.7 Å². The van der Waals surface area contributed by atoms with Crippen molar-refractivity contribution in [2.45, 2.75) is 25.8 Å². The average Bonchev–Trinajstić information content (AvgIpc) is 2.45.